The van der Waals surface area contributed by atoms with Crippen LogP contribution in [0.15, 0.2) is 30.5 Å². The molecule has 1 fully saturated rings. The zero-order valence-electron chi connectivity index (χ0n) is 11.9. The van der Waals surface area contributed by atoms with E-state index in [1.807, 2.05) is 6.20 Å². The van der Waals surface area contributed by atoms with Crippen LogP contribution in [0.2, 0.25) is 0 Å². The van der Waals surface area contributed by atoms with Crippen molar-refractivity contribution in [3.63, 3.8) is 0 Å². The Hall–Kier alpha value is -1.57. The van der Waals surface area contributed by atoms with Crippen molar-refractivity contribution in [2.45, 2.75) is 33.1 Å². The molecular weight excluding hydrogens is 232 g/mol. The van der Waals surface area contributed by atoms with Crippen LogP contribution >= 0.6 is 0 Å². The van der Waals surface area contributed by atoms with Crippen molar-refractivity contribution < 1.29 is 0 Å². The molecule has 1 aromatic heterocycles. The van der Waals surface area contributed by atoms with Gasteiger partial charge in [-0.25, -0.2) is 0 Å². The highest BCUT2D eigenvalue weighted by molar-refractivity contribution is 5.85. The number of aromatic nitrogens is 1. The Labute approximate surface area is 115 Å². The lowest BCUT2D eigenvalue weighted by atomic mass is 9.99. The molecule has 1 aromatic carbocycles. The van der Waals surface area contributed by atoms with Crippen molar-refractivity contribution in [1.29, 1.82) is 0 Å². The number of rotatable bonds is 3. The predicted octanol–water partition coefficient (Wildman–Crippen LogP) is 4.03. The molecule has 0 bridgehead atoms. The molecular formula is C17H22N2. The third-order valence-corrected chi connectivity index (χ3v) is 3.91. The summed E-state index contributed by atoms with van der Waals surface area (Å²) in [7, 11) is 0. The lowest BCUT2D eigenvalue weighted by Gasteiger charge is -2.18. The highest BCUT2D eigenvalue weighted by Crippen LogP contribution is 2.27. The van der Waals surface area contributed by atoms with Crippen LogP contribution in [0, 0.1) is 5.92 Å². The first-order chi connectivity index (χ1) is 9.24. The van der Waals surface area contributed by atoms with Crippen molar-refractivity contribution in [2.75, 3.05) is 18.0 Å². The van der Waals surface area contributed by atoms with Crippen LogP contribution in [0.25, 0.3) is 10.9 Å². The smallest absolute Gasteiger partial charge is 0.0706 e. The summed E-state index contributed by atoms with van der Waals surface area (Å²) in [6, 6.07) is 8.91. The van der Waals surface area contributed by atoms with E-state index < -0.39 is 0 Å². The lowest BCUT2D eigenvalue weighted by molar-refractivity contribution is 0.650. The first kappa shape index (κ1) is 12.5. The standard InChI is InChI=1S/C17H22N2/c1-13(2)11-14-7-8-18-17-6-5-15(12-16(14)17)19-9-3-4-10-19/h5-8,12-13H,3-4,9-11H2,1-2H3. The second-order valence-corrected chi connectivity index (χ2v) is 5.96. The van der Waals surface area contributed by atoms with Gasteiger partial charge in [0, 0.05) is 30.4 Å². The molecule has 0 N–H and O–H groups in total. The van der Waals surface area contributed by atoms with Crippen LogP contribution < -0.4 is 4.90 Å². The Morgan fingerprint density at radius 2 is 1.95 bits per heavy atom. The van der Waals surface area contributed by atoms with Crippen molar-refractivity contribution in [3.8, 4) is 0 Å². The summed E-state index contributed by atoms with van der Waals surface area (Å²) in [5.74, 6) is 0.682. The summed E-state index contributed by atoms with van der Waals surface area (Å²) in [5, 5.41) is 1.33. The lowest BCUT2D eigenvalue weighted by Crippen LogP contribution is -2.17. The van der Waals surface area contributed by atoms with Gasteiger partial charge in [0.1, 0.15) is 0 Å². The van der Waals surface area contributed by atoms with E-state index in [0.717, 1.165) is 11.9 Å². The normalized spacial score (nSPS) is 15.6. The quantitative estimate of drug-likeness (QED) is 0.822. The maximum atomic E-state index is 4.50. The Bertz CT molecular complexity index is 568. The van der Waals surface area contributed by atoms with Crippen LogP contribution in [-0.4, -0.2) is 18.1 Å². The highest BCUT2D eigenvalue weighted by atomic mass is 15.1. The van der Waals surface area contributed by atoms with Crippen molar-refractivity contribution in [1.82, 2.24) is 4.98 Å². The van der Waals surface area contributed by atoms with Gasteiger partial charge in [-0.1, -0.05) is 13.8 Å². The Morgan fingerprint density at radius 1 is 1.16 bits per heavy atom. The number of anilines is 1. The van der Waals surface area contributed by atoms with Gasteiger partial charge >= 0.3 is 0 Å². The number of pyridine rings is 1. The van der Waals surface area contributed by atoms with Crippen LogP contribution in [0.4, 0.5) is 5.69 Å². The molecule has 0 radical (unpaired) electrons. The van der Waals surface area contributed by atoms with Gasteiger partial charge in [-0.3, -0.25) is 4.98 Å². The summed E-state index contributed by atoms with van der Waals surface area (Å²) in [6.45, 7) is 6.95. The summed E-state index contributed by atoms with van der Waals surface area (Å²) in [5.41, 5.74) is 3.92. The Kier molecular flexibility index (Phi) is 3.41. The van der Waals surface area contributed by atoms with E-state index in [4.69, 9.17) is 0 Å². The average molecular weight is 254 g/mol. The van der Waals surface area contributed by atoms with Crippen LogP contribution in [0.3, 0.4) is 0 Å². The fourth-order valence-corrected chi connectivity index (χ4v) is 2.98. The number of hydrogen-bond acceptors (Lipinski definition) is 2. The van der Waals surface area contributed by atoms with Gasteiger partial charge in [0.05, 0.1) is 5.52 Å². The molecule has 2 heteroatoms. The Balaban J connectivity index is 2.03. The van der Waals surface area contributed by atoms with Gasteiger partial charge in [-0.05, 0) is 55.0 Å². The molecule has 19 heavy (non-hydrogen) atoms. The minimum Gasteiger partial charge on any atom is -0.372 e. The molecule has 1 aliphatic heterocycles. The third-order valence-electron chi connectivity index (χ3n) is 3.91. The van der Waals surface area contributed by atoms with Crippen molar-refractivity contribution >= 4 is 16.6 Å². The molecule has 0 spiro atoms. The van der Waals surface area contributed by atoms with E-state index in [1.54, 1.807) is 0 Å². The molecule has 3 rings (SSSR count). The van der Waals surface area contributed by atoms with E-state index in [0.29, 0.717) is 5.92 Å². The van der Waals surface area contributed by atoms with Gasteiger partial charge in [0.2, 0.25) is 0 Å². The predicted molar refractivity (Wildman–Crippen MR) is 81.7 cm³/mol. The largest absolute Gasteiger partial charge is 0.372 e. The van der Waals surface area contributed by atoms with Gasteiger partial charge in [0.15, 0.2) is 0 Å². The second-order valence-electron chi connectivity index (χ2n) is 5.96. The monoisotopic (exact) mass is 254 g/mol. The minimum atomic E-state index is 0.682. The van der Waals surface area contributed by atoms with E-state index >= 15 is 0 Å². The zero-order chi connectivity index (χ0) is 13.2. The first-order valence-electron chi connectivity index (χ1n) is 7.36. The maximum absolute atomic E-state index is 4.50. The van der Waals surface area contributed by atoms with E-state index in [9.17, 15) is 0 Å². The number of benzene rings is 1. The zero-order valence-corrected chi connectivity index (χ0v) is 11.9. The summed E-state index contributed by atoms with van der Waals surface area (Å²) < 4.78 is 0. The number of hydrogen-bond donors (Lipinski definition) is 0. The first-order valence-corrected chi connectivity index (χ1v) is 7.36. The molecule has 2 aromatic rings. The summed E-state index contributed by atoms with van der Waals surface area (Å²) in [6.07, 6.45) is 5.71. The molecule has 0 unspecified atom stereocenters. The summed E-state index contributed by atoms with van der Waals surface area (Å²) >= 11 is 0. The molecule has 0 saturated carbocycles. The fraction of sp³-hybridized carbons (Fsp3) is 0.471. The molecule has 2 nitrogen and oxygen atoms in total. The van der Waals surface area contributed by atoms with Crippen molar-refractivity contribution in [3.05, 3.63) is 36.0 Å². The SMILES string of the molecule is CC(C)Cc1ccnc2ccc(N3CCCC3)cc12. The summed E-state index contributed by atoms with van der Waals surface area (Å²) in [4.78, 5) is 6.99. The number of nitrogens with zero attached hydrogens (tertiary/aromatic N) is 2. The molecule has 2 heterocycles. The molecule has 0 atom stereocenters. The maximum Gasteiger partial charge on any atom is 0.0706 e. The van der Waals surface area contributed by atoms with Gasteiger partial charge in [0.25, 0.3) is 0 Å². The second kappa shape index (κ2) is 5.20. The molecule has 100 valence electrons. The van der Waals surface area contributed by atoms with Crippen LogP contribution in [-0.2, 0) is 6.42 Å². The van der Waals surface area contributed by atoms with Gasteiger partial charge in [-0.2, -0.15) is 0 Å². The molecule has 1 saturated heterocycles. The van der Waals surface area contributed by atoms with Crippen molar-refractivity contribution in [2.24, 2.45) is 5.92 Å². The fourth-order valence-electron chi connectivity index (χ4n) is 2.98. The third kappa shape index (κ3) is 2.58. The molecule has 0 aliphatic carbocycles. The van der Waals surface area contributed by atoms with Crippen LogP contribution in [0.1, 0.15) is 32.3 Å². The van der Waals surface area contributed by atoms with Gasteiger partial charge < -0.3 is 4.90 Å². The van der Waals surface area contributed by atoms with Gasteiger partial charge in [-0.15, -0.1) is 0 Å². The van der Waals surface area contributed by atoms with Crippen LogP contribution in [0.5, 0.6) is 0 Å². The Morgan fingerprint density at radius 3 is 2.68 bits per heavy atom. The van der Waals surface area contributed by atoms with E-state index in [1.165, 1.54) is 42.6 Å². The highest BCUT2D eigenvalue weighted by Gasteiger charge is 2.13. The molecule has 0 amide bonds. The van der Waals surface area contributed by atoms with E-state index in [-0.39, 0.29) is 0 Å². The minimum absolute atomic E-state index is 0.682. The molecule has 1 aliphatic rings. The topological polar surface area (TPSA) is 16.1 Å². The number of fused-ring (bicyclic) bond motifs is 1. The van der Waals surface area contributed by atoms with E-state index in [2.05, 4.69) is 48.0 Å². The average Bonchev–Trinajstić information content (AvgIpc) is 2.92.